The van der Waals surface area contributed by atoms with Crippen molar-refractivity contribution in [2.75, 3.05) is 13.1 Å². The molecule has 0 aliphatic carbocycles. The summed E-state index contributed by atoms with van der Waals surface area (Å²) in [6.45, 7) is 1.63. The van der Waals surface area contributed by atoms with E-state index in [1.165, 1.54) is 16.9 Å². The van der Waals surface area contributed by atoms with Gasteiger partial charge in [0.2, 0.25) is 0 Å². The quantitative estimate of drug-likeness (QED) is 0.370. The minimum atomic E-state index is 0.115. The summed E-state index contributed by atoms with van der Waals surface area (Å²) in [5.41, 5.74) is 2.25. The van der Waals surface area contributed by atoms with Crippen LogP contribution < -0.4 is 0 Å². The van der Waals surface area contributed by atoms with Crippen molar-refractivity contribution < 1.29 is 4.79 Å². The molecule has 0 atom stereocenters. The Kier molecular flexibility index (Phi) is 4.98. The van der Waals surface area contributed by atoms with Gasteiger partial charge in [-0.2, -0.15) is 0 Å². The molecule has 3 heterocycles. The van der Waals surface area contributed by atoms with Crippen LogP contribution in [0.3, 0.4) is 0 Å². The summed E-state index contributed by atoms with van der Waals surface area (Å²) in [6.07, 6.45) is 3.20. The molecule has 2 aromatic heterocycles. The van der Waals surface area contributed by atoms with Crippen molar-refractivity contribution in [2.24, 2.45) is 5.92 Å². The number of hydrogen-bond acceptors (Lipinski definition) is 3. The second kappa shape index (κ2) is 7.77. The van der Waals surface area contributed by atoms with Gasteiger partial charge in [0.25, 0.3) is 5.91 Å². The fourth-order valence-corrected chi connectivity index (χ4v) is 5.68. The lowest BCUT2D eigenvalue weighted by atomic mass is 9.90. The molecule has 1 saturated heterocycles. The van der Waals surface area contributed by atoms with Crippen LogP contribution in [0.4, 0.5) is 0 Å². The summed E-state index contributed by atoms with van der Waals surface area (Å²) >= 11 is 7.94. The molecule has 3 nitrogen and oxygen atoms in total. The number of hydrogen-bond donors (Lipinski definition) is 0. The van der Waals surface area contributed by atoms with E-state index in [4.69, 9.17) is 11.6 Å². The Hall–Kier alpha value is -2.43. The lowest BCUT2D eigenvalue weighted by Crippen LogP contribution is -2.38. The number of amides is 1. The maximum Gasteiger partial charge on any atom is 0.263 e. The van der Waals surface area contributed by atoms with Crippen LogP contribution in [-0.2, 0) is 6.42 Å². The Balaban J connectivity index is 1.34. The zero-order valence-electron chi connectivity index (χ0n) is 16.0. The number of pyridine rings is 1. The molecular formula is C24H21ClN2OS. The van der Waals surface area contributed by atoms with E-state index in [9.17, 15) is 4.79 Å². The van der Waals surface area contributed by atoms with Crippen LogP contribution in [0.15, 0.2) is 60.7 Å². The Morgan fingerprint density at radius 1 is 1.03 bits per heavy atom. The zero-order chi connectivity index (χ0) is 19.8. The molecule has 2 aromatic carbocycles. The number of nitrogens with zero attached hydrogens (tertiary/aromatic N) is 2. The van der Waals surface area contributed by atoms with E-state index in [1.807, 2.05) is 35.2 Å². The van der Waals surface area contributed by atoms with Crippen molar-refractivity contribution in [2.45, 2.75) is 19.3 Å². The first-order chi connectivity index (χ1) is 14.2. The van der Waals surface area contributed by atoms with Crippen LogP contribution in [0.25, 0.3) is 21.0 Å². The molecule has 4 aromatic rings. The van der Waals surface area contributed by atoms with Crippen LogP contribution in [0.5, 0.6) is 0 Å². The van der Waals surface area contributed by atoms with E-state index < -0.39 is 0 Å². The molecule has 0 spiro atoms. The third-order valence-electron chi connectivity index (χ3n) is 5.80. The highest BCUT2D eigenvalue weighted by atomic mass is 35.5. The van der Waals surface area contributed by atoms with Crippen LogP contribution in [0, 0.1) is 5.92 Å². The molecular weight excluding hydrogens is 400 g/mol. The van der Waals surface area contributed by atoms with Crippen molar-refractivity contribution >= 4 is 49.8 Å². The fourth-order valence-electron chi connectivity index (χ4n) is 4.22. The van der Waals surface area contributed by atoms with Crippen molar-refractivity contribution in [1.29, 1.82) is 0 Å². The molecule has 1 aliphatic heterocycles. The topological polar surface area (TPSA) is 33.2 Å². The number of halogens is 1. The van der Waals surface area contributed by atoms with E-state index >= 15 is 0 Å². The lowest BCUT2D eigenvalue weighted by Gasteiger charge is -2.31. The first kappa shape index (κ1) is 18.6. The minimum absolute atomic E-state index is 0.115. The Morgan fingerprint density at radius 3 is 2.55 bits per heavy atom. The molecule has 0 saturated carbocycles. The summed E-state index contributed by atoms with van der Waals surface area (Å²) < 4.78 is 1.04. The van der Waals surface area contributed by atoms with Crippen molar-refractivity contribution in [3.05, 3.63) is 76.3 Å². The molecule has 1 fully saturated rings. The third kappa shape index (κ3) is 3.63. The maximum absolute atomic E-state index is 13.2. The van der Waals surface area contributed by atoms with E-state index in [-0.39, 0.29) is 5.91 Å². The number of piperidine rings is 1. The fraction of sp³-hybridized carbons (Fsp3) is 0.250. The van der Waals surface area contributed by atoms with Crippen molar-refractivity contribution in [3.63, 3.8) is 0 Å². The van der Waals surface area contributed by atoms with E-state index in [1.54, 1.807) is 0 Å². The third-order valence-corrected chi connectivity index (χ3v) is 7.25. The Bertz CT molecular complexity index is 1180. The van der Waals surface area contributed by atoms with E-state index in [0.29, 0.717) is 11.1 Å². The molecule has 5 heteroatoms. The maximum atomic E-state index is 13.2. The van der Waals surface area contributed by atoms with E-state index in [0.717, 1.165) is 58.2 Å². The first-order valence-corrected chi connectivity index (χ1v) is 11.2. The number of fused-ring (bicyclic) bond motifs is 3. The molecule has 1 aliphatic rings. The smallest absolute Gasteiger partial charge is 0.263 e. The highest BCUT2D eigenvalue weighted by Gasteiger charge is 2.25. The van der Waals surface area contributed by atoms with Gasteiger partial charge < -0.3 is 4.90 Å². The number of aromatic nitrogens is 1. The molecule has 1 amide bonds. The number of carbonyl (C=O) groups excluding carboxylic acids is 1. The number of thiophene rings is 1. The Morgan fingerprint density at radius 2 is 1.76 bits per heavy atom. The highest BCUT2D eigenvalue weighted by Crippen LogP contribution is 2.36. The van der Waals surface area contributed by atoms with Gasteiger partial charge in [-0.1, -0.05) is 60.1 Å². The predicted octanol–water partition coefficient (Wildman–Crippen LogP) is 6.20. The van der Waals surface area contributed by atoms with Crippen LogP contribution >= 0.6 is 22.9 Å². The number of para-hydroxylation sites is 1. The minimum Gasteiger partial charge on any atom is -0.338 e. The van der Waals surface area contributed by atoms with Crippen LogP contribution in [-0.4, -0.2) is 28.9 Å². The van der Waals surface area contributed by atoms with Crippen molar-refractivity contribution in [1.82, 2.24) is 9.88 Å². The molecule has 0 radical (unpaired) electrons. The second-order valence-electron chi connectivity index (χ2n) is 7.70. The number of rotatable bonds is 3. The van der Waals surface area contributed by atoms with Crippen LogP contribution in [0.1, 0.15) is 28.1 Å². The number of likely N-dealkylation sites (tertiary alicyclic amines) is 1. The summed E-state index contributed by atoms with van der Waals surface area (Å²) in [6, 6.07) is 20.5. The van der Waals surface area contributed by atoms with Gasteiger partial charge >= 0.3 is 0 Å². The monoisotopic (exact) mass is 420 g/mol. The number of carbonyl (C=O) groups is 1. The Labute approximate surface area is 178 Å². The second-order valence-corrected chi connectivity index (χ2v) is 9.11. The van der Waals surface area contributed by atoms with Gasteiger partial charge in [0.05, 0.1) is 10.4 Å². The lowest BCUT2D eigenvalue weighted by molar-refractivity contribution is 0.0695. The van der Waals surface area contributed by atoms with Gasteiger partial charge in [-0.3, -0.25) is 4.79 Å². The van der Waals surface area contributed by atoms with Gasteiger partial charge in [-0.25, -0.2) is 4.98 Å². The van der Waals surface area contributed by atoms with Gasteiger partial charge in [0, 0.05) is 28.6 Å². The number of benzene rings is 2. The van der Waals surface area contributed by atoms with E-state index in [2.05, 4.69) is 35.3 Å². The average molecular weight is 421 g/mol. The summed E-state index contributed by atoms with van der Waals surface area (Å²) in [4.78, 5) is 20.4. The highest BCUT2D eigenvalue weighted by molar-refractivity contribution is 7.21. The van der Waals surface area contributed by atoms with Crippen molar-refractivity contribution in [3.8, 4) is 0 Å². The molecule has 0 N–H and O–H groups in total. The zero-order valence-corrected chi connectivity index (χ0v) is 17.5. The standard InChI is InChI=1S/C24H21ClN2OS/c25-23-19-15-21(29-22(19)18-8-4-5-9-20(18)26-23)24(28)27-12-10-17(11-13-27)14-16-6-2-1-3-7-16/h1-9,15,17H,10-14H2. The molecule has 146 valence electrons. The van der Waals surface area contributed by atoms with Crippen LogP contribution in [0.2, 0.25) is 5.15 Å². The first-order valence-electron chi connectivity index (χ1n) is 10.00. The summed E-state index contributed by atoms with van der Waals surface area (Å²) in [5, 5.41) is 2.39. The van der Waals surface area contributed by atoms with Gasteiger partial charge in [-0.05, 0) is 42.9 Å². The average Bonchev–Trinajstić information content (AvgIpc) is 3.21. The van der Waals surface area contributed by atoms with Gasteiger partial charge in [0.15, 0.2) is 0 Å². The largest absolute Gasteiger partial charge is 0.338 e. The molecule has 0 bridgehead atoms. The van der Waals surface area contributed by atoms with Gasteiger partial charge in [-0.15, -0.1) is 11.3 Å². The predicted molar refractivity (Wildman–Crippen MR) is 121 cm³/mol. The summed E-state index contributed by atoms with van der Waals surface area (Å²) in [5.74, 6) is 0.760. The normalized spacial score (nSPS) is 15.3. The summed E-state index contributed by atoms with van der Waals surface area (Å²) in [7, 11) is 0. The SMILES string of the molecule is O=C(c1cc2c(Cl)nc3ccccc3c2s1)N1CCC(Cc2ccccc2)CC1. The van der Waals surface area contributed by atoms with Gasteiger partial charge in [0.1, 0.15) is 5.15 Å². The molecule has 29 heavy (non-hydrogen) atoms. The molecule has 0 unspecified atom stereocenters. The molecule has 5 rings (SSSR count).